The molecule has 3 heteroatoms. The zero-order valence-corrected chi connectivity index (χ0v) is 11.7. The summed E-state index contributed by atoms with van der Waals surface area (Å²) >= 11 is 0. The summed E-state index contributed by atoms with van der Waals surface area (Å²) in [6, 6.07) is 0. The van der Waals surface area contributed by atoms with E-state index in [1.165, 1.54) is 0 Å². The molecule has 0 aromatic carbocycles. The maximum absolute atomic E-state index is 12.2. The Morgan fingerprint density at radius 2 is 1.94 bits per heavy atom. The number of hydrogen-bond acceptors (Lipinski definition) is 1. The number of unbranched alkanes of at least 4 members (excludes halogenated alkanes) is 1. The zero-order chi connectivity index (χ0) is 12.8. The van der Waals surface area contributed by atoms with Gasteiger partial charge in [0.1, 0.15) is 0 Å². The zero-order valence-electron chi connectivity index (χ0n) is 11.7. The van der Waals surface area contributed by atoms with Crippen LogP contribution in [0.25, 0.3) is 0 Å². The summed E-state index contributed by atoms with van der Waals surface area (Å²) in [5, 5.41) is 3.30. The van der Waals surface area contributed by atoms with Crippen LogP contribution in [0.3, 0.4) is 0 Å². The first-order chi connectivity index (χ1) is 8.10. The molecule has 0 saturated carbocycles. The molecule has 0 aliphatic carbocycles. The highest BCUT2D eigenvalue weighted by Crippen LogP contribution is 2.10. The molecule has 1 N–H and O–H groups in total. The van der Waals surface area contributed by atoms with Crippen LogP contribution >= 0.6 is 0 Å². The monoisotopic (exact) mass is 238 g/mol. The number of nitrogens with one attached hydrogen (secondary N) is 1. The van der Waals surface area contributed by atoms with Gasteiger partial charge in [0.2, 0.25) is 0 Å². The van der Waals surface area contributed by atoms with Crippen LogP contribution < -0.4 is 5.56 Å². The Morgan fingerprint density at radius 3 is 2.47 bits per heavy atom. The van der Waals surface area contributed by atoms with Crippen LogP contribution in [-0.4, -0.2) is 9.78 Å². The smallest absolute Gasteiger partial charge is 0.269 e. The molecule has 0 spiro atoms. The number of aromatic nitrogens is 2. The third-order valence-electron chi connectivity index (χ3n) is 2.99. The van der Waals surface area contributed by atoms with Gasteiger partial charge in [0, 0.05) is 17.8 Å². The third-order valence-corrected chi connectivity index (χ3v) is 2.99. The van der Waals surface area contributed by atoms with Crippen molar-refractivity contribution < 1.29 is 0 Å². The van der Waals surface area contributed by atoms with Crippen LogP contribution in [0.15, 0.2) is 4.79 Å². The minimum absolute atomic E-state index is 0.204. The van der Waals surface area contributed by atoms with Crippen LogP contribution in [0.1, 0.15) is 58.2 Å². The van der Waals surface area contributed by atoms with Crippen molar-refractivity contribution >= 4 is 0 Å². The predicted molar refractivity (Wildman–Crippen MR) is 72.5 cm³/mol. The molecular formula is C14H26N2O. The largest absolute Gasteiger partial charge is 0.299 e. The van der Waals surface area contributed by atoms with Gasteiger partial charge in [0.25, 0.3) is 5.56 Å². The first kappa shape index (κ1) is 14.1. The minimum atomic E-state index is 0.204. The molecule has 98 valence electrons. The van der Waals surface area contributed by atoms with E-state index in [0.717, 1.165) is 49.9 Å². The van der Waals surface area contributed by atoms with E-state index in [1.54, 1.807) is 4.68 Å². The van der Waals surface area contributed by atoms with E-state index in [4.69, 9.17) is 0 Å². The van der Waals surface area contributed by atoms with E-state index in [0.29, 0.717) is 5.92 Å². The fourth-order valence-electron chi connectivity index (χ4n) is 2.12. The van der Waals surface area contributed by atoms with Crippen LogP contribution in [0, 0.1) is 5.92 Å². The molecule has 0 fully saturated rings. The lowest BCUT2D eigenvalue weighted by Crippen LogP contribution is -2.20. The van der Waals surface area contributed by atoms with Crippen molar-refractivity contribution in [2.75, 3.05) is 0 Å². The van der Waals surface area contributed by atoms with E-state index >= 15 is 0 Å². The summed E-state index contributed by atoms with van der Waals surface area (Å²) in [7, 11) is 0. The molecule has 0 aliphatic heterocycles. The lowest BCUT2D eigenvalue weighted by molar-refractivity contribution is 0.549. The normalized spacial score (nSPS) is 11.4. The number of nitrogens with zero attached hydrogens (tertiary/aromatic N) is 1. The maximum atomic E-state index is 12.2. The van der Waals surface area contributed by atoms with E-state index in [1.807, 2.05) is 0 Å². The Morgan fingerprint density at radius 1 is 1.24 bits per heavy atom. The molecule has 1 aromatic rings. The van der Waals surface area contributed by atoms with Crippen molar-refractivity contribution in [1.29, 1.82) is 0 Å². The summed E-state index contributed by atoms with van der Waals surface area (Å²) in [4.78, 5) is 12.2. The molecule has 0 radical (unpaired) electrons. The van der Waals surface area contributed by atoms with Crippen LogP contribution in [0.2, 0.25) is 0 Å². The highest BCUT2D eigenvalue weighted by molar-refractivity contribution is 5.18. The highest BCUT2D eigenvalue weighted by atomic mass is 16.1. The van der Waals surface area contributed by atoms with Gasteiger partial charge in [-0.3, -0.25) is 14.6 Å². The van der Waals surface area contributed by atoms with Crippen LogP contribution in [0.4, 0.5) is 0 Å². The van der Waals surface area contributed by atoms with Gasteiger partial charge in [-0.2, -0.15) is 0 Å². The average molecular weight is 238 g/mol. The van der Waals surface area contributed by atoms with E-state index in [9.17, 15) is 4.79 Å². The summed E-state index contributed by atoms with van der Waals surface area (Å²) in [6.07, 6.45) is 5.14. The first-order valence-corrected chi connectivity index (χ1v) is 6.90. The lowest BCUT2D eigenvalue weighted by atomic mass is 10.0. The highest BCUT2D eigenvalue weighted by Gasteiger charge is 2.14. The Kier molecular flexibility index (Phi) is 5.52. The number of hydrogen-bond donors (Lipinski definition) is 1. The quantitative estimate of drug-likeness (QED) is 0.778. The molecule has 0 unspecified atom stereocenters. The van der Waals surface area contributed by atoms with Crippen molar-refractivity contribution in [3.8, 4) is 0 Å². The lowest BCUT2D eigenvalue weighted by Gasteiger charge is -2.03. The summed E-state index contributed by atoms with van der Waals surface area (Å²) in [5.74, 6) is 0.536. The standard InChI is InChI=1S/C14H26N2O/c1-5-7-9-16-14(17)12(10-11(3)4)13(15-16)8-6-2/h11,15H,5-10H2,1-4H3. The molecule has 1 rings (SSSR count). The molecule has 17 heavy (non-hydrogen) atoms. The second-order valence-corrected chi connectivity index (χ2v) is 5.23. The van der Waals surface area contributed by atoms with Gasteiger partial charge in [0.05, 0.1) is 0 Å². The van der Waals surface area contributed by atoms with E-state index in [-0.39, 0.29) is 5.56 Å². The molecular weight excluding hydrogens is 212 g/mol. The van der Waals surface area contributed by atoms with Crippen molar-refractivity contribution in [1.82, 2.24) is 9.78 Å². The van der Waals surface area contributed by atoms with Gasteiger partial charge in [-0.25, -0.2) is 0 Å². The molecule has 0 amide bonds. The van der Waals surface area contributed by atoms with E-state index in [2.05, 4.69) is 32.8 Å². The fraction of sp³-hybridized carbons (Fsp3) is 0.786. The molecule has 1 heterocycles. The molecule has 0 aliphatic rings. The Balaban J connectivity index is 2.97. The van der Waals surface area contributed by atoms with Gasteiger partial charge in [-0.1, -0.05) is 40.5 Å². The molecule has 0 atom stereocenters. The second kappa shape index (κ2) is 6.67. The van der Waals surface area contributed by atoms with Gasteiger partial charge in [0.15, 0.2) is 0 Å². The molecule has 3 nitrogen and oxygen atoms in total. The fourth-order valence-corrected chi connectivity index (χ4v) is 2.12. The van der Waals surface area contributed by atoms with Gasteiger partial charge in [-0.15, -0.1) is 0 Å². The number of aryl methyl sites for hydroxylation is 2. The molecule has 1 aromatic heterocycles. The van der Waals surface area contributed by atoms with Crippen LogP contribution in [0.5, 0.6) is 0 Å². The van der Waals surface area contributed by atoms with Crippen molar-refractivity contribution in [2.24, 2.45) is 5.92 Å². The van der Waals surface area contributed by atoms with Crippen molar-refractivity contribution in [2.45, 2.75) is 66.3 Å². The number of H-pyrrole nitrogens is 1. The average Bonchev–Trinajstić information content (AvgIpc) is 2.55. The van der Waals surface area contributed by atoms with Gasteiger partial charge < -0.3 is 0 Å². The topological polar surface area (TPSA) is 37.8 Å². The molecule has 0 saturated heterocycles. The van der Waals surface area contributed by atoms with Crippen molar-refractivity contribution in [3.63, 3.8) is 0 Å². The van der Waals surface area contributed by atoms with Gasteiger partial charge >= 0.3 is 0 Å². The SMILES string of the molecule is CCCCn1[nH]c(CCC)c(CC(C)C)c1=O. The van der Waals surface area contributed by atoms with Gasteiger partial charge in [-0.05, 0) is 25.2 Å². The molecule has 0 bridgehead atoms. The third kappa shape index (κ3) is 3.76. The predicted octanol–water partition coefficient (Wildman–Crippen LogP) is 3.13. The summed E-state index contributed by atoms with van der Waals surface area (Å²) in [5.41, 5.74) is 2.37. The van der Waals surface area contributed by atoms with E-state index < -0.39 is 0 Å². The second-order valence-electron chi connectivity index (χ2n) is 5.23. The number of aromatic amines is 1. The van der Waals surface area contributed by atoms with Crippen molar-refractivity contribution in [3.05, 3.63) is 21.6 Å². The maximum Gasteiger partial charge on any atom is 0.269 e. The first-order valence-electron chi connectivity index (χ1n) is 6.90. The Bertz CT molecular complexity index is 387. The summed E-state index contributed by atoms with van der Waals surface area (Å²) < 4.78 is 1.80. The Labute approximate surface area is 104 Å². The van der Waals surface area contributed by atoms with Crippen LogP contribution in [-0.2, 0) is 19.4 Å². The minimum Gasteiger partial charge on any atom is -0.299 e. The number of rotatable bonds is 7. The Hall–Kier alpha value is -0.990. The summed E-state index contributed by atoms with van der Waals surface area (Å²) in [6.45, 7) is 9.46.